The number of anilines is 1. The SMILES string of the molecule is Cc1cc2c(c(C(O)c3ccccc3Cl)c1)NC(=O)C2C. The fourth-order valence-corrected chi connectivity index (χ4v) is 3.02. The maximum atomic E-state index is 11.9. The minimum Gasteiger partial charge on any atom is -0.384 e. The summed E-state index contributed by atoms with van der Waals surface area (Å²) >= 11 is 6.17. The molecule has 0 fully saturated rings. The molecule has 0 aromatic heterocycles. The Morgan fingerprint density at radius 3 is 2.67 bits per heavy atom. The van der Waals surface area contributed by atoms with E-state index in [0.29, 0.717) is 21.8 Å². The Morgan fingerprint density at radius 2 is 1.95 bits per heavy atom. The number of benzene rings is 2. The number of aryl methyl sites for hydroxylation is 1. The van der Waals surface area contributed by atoms with E-state index in [0.717, 1.165) is 11.1 Å². The molecule has 1 aliphatic heterocycles. The van der Waals surface area contributed by atoms with E-state index in [1.807, 2.05) is 38.1 Å². The van der Waals surface area contributed by atoms with E-state index in [2.05, 4.69) is 5.32 Å². The van der Waals surface area contributed by atoms with Gasteiger partial charge in [0.2, 0.25) is 5.91 Å². The molecule has 0 aliphatic carbocycles. The highest BCUT2D eigenvalue weighted by Gasteiger charge is 2.31. The van der Waals surface area contributed by atoms with Crippen LogP contribution in [0.4, 0.5) is 5.69 Å². The molecule has 0 radical (unpaired) electrons. The number of nitrogens with one attached hydrogen (secondary N) is 1. The van der Waals surface area contributed by atoms with Crippen LogP contribution in [0.5, 0.6) is 0 Å². The Labute approximate surface area is 128 Å². The number of hydrogen-bond acceptors (Lipinski definition) is 2. The summed E-state index contributed by atoms with van der Waals surface area (Å²) in [6, 6.07) is 11.1. The number of carbonyl (C=O) groups is 1. The zero-order valence-electron chi connectivity index (χ0n) is 11.9. The zero-order valence-corrected chi connectivity index (χ0v) is 12.6. The highest BCUT2D eigenvalue weighted by Crippen LogP contribution is 2.41. The van der Waals surface area contributed by atoms with Crippen molar-refractivity contribution < 1.29 is 9.90 Å². The molecule has 2 atom stereocenters. The molecule has 1 amide bonds. The number of rotatable bonds is 2. The van der Waals surface area contributed by atoms with Gasteiger partial charge in [-0.05, 0) is 25.5 Å². The first-order valence-electron chi connectivity index (χ1n) is 6.87. The number of hydrogen-bond donors (Lipinski definition) is 2. The third-order valence-electron chi connectivity index (χ3n) is 3.95. The second kappa shape index (κ2) is 5.17. The van der Waals surface area contributed by atoms with Gasteiger partial charge >= 0.3 is 0 Å². The third-order valence-corrected chi connectivity index (χ3v) is 4.29. The Balaban J connectivity index is 2.14. The number of fused-ring (bicyclic) bond motifs is 1. The van der Waals surface area contributed by atoms with Gasteiger partial charge in [0.25, 0.3) is 0 Å². The van der Waals surface area contributed by atoms with Crippen LogP contribution in [0.3, 0.4) is 0 Å². The van der Waals surface area contributed by atoms with Gasteiger partial charge in [-0.2, -0.15) is 0 Å². The number of aliphatic hydroxyl groups excluding tert-OH is 1. The average molecular weight is 302 g/mol. The van der Waals surface area contributed by atoms with Crippen LogP contribution >= 0.6 is 11.6 Å². The molecule has 3 rings (SSSR count). The molecule has 3 nitrogen and oxygen atoms in total. The van der Waals surface area contributed by atoms with Crippen LogP contribution in [0, 0.1) is 6.92 Å². The summed E-state index contributed by atoms with van der Waals surface area (Å²) in [7, 11) is 0. The topological polar surface area (TPSA) is 49.3 Å². The number of aliphatic hydroxyl groups is 1. The lowest BCUT2D eigenvalue weighted by atomic mass is 9.93. The zero-order chi connectivity index (χ0) is 15.1. The molecule has 0 saturated heterocycles. The first-order chi connectivity index (χ1) is 9.99. The van der Waals surface area contributed by atoms with Gasteiger partial charge in [-0.1, -0.05) is 47.5 Å². The normalized spacial score (nSPS) is 18.3. The minimum absolute atomic E-state index is 0.0387. The van der Waals surface area contributed by atoms with E-state index in [9.17, 15) is 9.90 Å². The number of carbonyl (C=O) groups excluding carboxylic acids is 1. The van der Waals surface area contributed by atoms with Crippen LogP contribution in [0.2, 0.25) is 5.02 Å². The molecular weight excluding hydrogens is 286 g/mol. The second-order valence-corrected chi connectivity index (χ2v) is 5.86. The lowest BCUT2D eigenvalue weighted by molar-refractivity contribution is -0.116. The summed E-state index contributed by atoms with van der Waals surface area (Å²) in [6.45, 7) is 3.82. The highest BCUT2D eigenvalue weighted by atomic mass is 35.5. The van der Waals surface area contributed by atoms with Crippen molar-refractivity contribution in [3.63, 3.8) is 0 Å². The lowest BCUT2D eigenvalue weighted by Crippen LogP contribution is -2.10. The van der Waals surface area contributed by atoms with E-state index in [1.165, 1.54) is 0 Å². The quantitative estimate of drug-likeness (QED) is 0.886. The fraction of sp³-hybridized carbons (Fsp3) is 0.235. The maximum Gasteiger partial charge on any atom is 0.231 e. The van der Waals surface area contributed by atoms with Gasteiger partial charge in [0.1, 0.15) is 6.10 Å². The number of halogens is 1. The highest BCUT2D eigenvalue weighted by molar-refractivity contribution is 6.31. The van der Waals surface area contributed by atoms with Crippen LogP contribution in [0.25, 0.3) is 0 Å². The summed E-state index contributed by atoms with van der Waals surface area (Å²) < 4.78 is 0. The molecule has 0 bridgehead atoms. The molecule has 2 N–H and O–H groups in total. The van der Waals surface area contributed by atoms with Gasteiger partial charge in [0.05, 0.1) is 11.6 Å². The molecule has 1 heterocycles. The van der Waals surface area contributed by atoms with Gasteiger partial charge in [-0.15, -0.1) is 0 Å². The maximum absolute atomic E-state index is 11.9. The number of amides is 1. The van der Waals surface area contributed by atoms with E-state index < -0.39 is 6.10 Å². The monoisotopic (exact) mass is 301 g/mol. The van der Waals surface area contributed by atoms with Crippen LogP contribution in [0.1, 0.15) is 41.2 Å². The van der Waals surface area contributed by atoms with E-state index >= 15 is 0 Å². The summed E-state index contributed by atoms with van der Waals surface area (Å²) in [5.74, 6) is -0.236. The van der Waals surface area contributed by atoms with Crippen molar-refractivity contribution in [2.45, 2.75) is 25.9 Å². The van der Waals surface area contributed by atoms with Crippen LogP contribution < -0.4 is 5.32 Å². The van der Waals surface area contributed by atoms with Gasteiger partial charge < -0.3 is 10.4 Å². The van der Waals surface area contributed by atoms with Crippen molar-refractivity contribution in [1.29, 1.82) is 0 Å². The van der Waals surface area contributed by atoms with Crippen molar-refractivity contribution in [3.05, 3.63) is 63.7 Å². The Hall–Kier alpha value is -1.84. The predicted octanol–water partition coefficient (Wildman–Crippen LogP) is 3.79. The lowest BCUT2D eigenvalue weighted by Gasteiger charge is -2.17. The summed E-state index contributed by atoms with van der Waals surface area (Å²) in [6.07, 6.45) is -0.863. The Morgan fingerprint density at radius 1 is 1.24 bits per heavy atom. The Bertz CT molecular complexity index is 727. The van der Waals surface area contributed by atoms with E-state index in [4.69, 9.17) is 11.6 Å². The Kier molecular flexibility index (Phi) is 3.47. The summed E-state index contributed by atoms with van der Waals surface area (Å²) in [5, 5.41) is 14.1. The van der Waals surface area contributed by atoms with Crippen molar-refractivity contribution in [2.24, 2.45) is 0 Å². The largest absolute Gasteiger partial charge is 0.384 e. The van der Waals surface area contributed by atoms with Crippen molar-refractivity contribution in [3.8, 4) is 0 Å². The minimum atomic E-state index is -0.863. The summed E-state index contributed by atoms with van der Waals surface area (Å²) in [4.78, 5) is 11.9. The molecule has 4 heteroatoms. The fourth-order valence-electron chi connectivity index (χ4n) is 2.78. The molecule has 2 unspecified atom stereocenters. The molecule has 108 valence electrons. The molecule has 2 aromatic carbocycles. The standard InChI is InChI=1S/C17H16ClNO2/c1-9-7-12-10(2)17(21)19-15(12)13(8-9)16(20)11-5-3-4-6-14(11)18/h3-8,10,16,20H,1-2H3,(H,19,21). The molecule has 0 spiro atoms. The van der Waals surface area contributed by atoms with Gasteiger partial charge in [-0.3, -0.25) is 4.79 Å². The average Bonchev–Trinajstić information content (AvgIpc) is 2.74. The molecule has 21 heavy (non-hydrogen) atoms. The predicted molar refractivity (Wildman–Crippen MR) is 83.7 cm³/mol. The third kappa shape index (κ3) is 2.33. The van der Waals surface area contributed by atoms with Crippen LogP contribution in [-0.4, -0.2) is 11.0 Å². The first kappa shape index (κ1) is 14.1. The summed E-state index contributed by atoms with van der Waals surface area (Å²) in [5.41, 5.74) is 3.99. The van der Waals surface area contributed by atoms with E-state index in [1.54, 1.807) is 12.1 Å². The van der Waals surface area contributed by atoms with Gasteiger partial charge in [-0.25, -0.2) is 0 Å². The molecular formula is C17H16ClNO2. The molecule has 0 saturated carbocycles. The van der Waals surface area contributed by atoms with Crippen molar-refractivity contribution >= 4 is 23.2 Å². The first-order valence-corrected chi connectivity index (χ1v) is 7.24. The van der Waals surface area contributed by atoms with Crippen LogP contribution in [-0.2, 0) is 4.79 Å². The molecule has 1 aliphatic rings. The van der Waals surface area contributed by atoms with Gasteiger partial charge in [0.15, 0.2) is 0 Å². The van der Waals surface area contributed by atoms with E-state index in [-0.39, 0.29) is 11.8 Å². The van der Waals surface area contributed by atoms with Crippen molar-refractivity contribution in [1.82, 2.24) is 0 Å². The second-order valence-electron chi connectivity index (χ2n) is 5.45. The van der Waals surface area contributed by atoms with Gasteiger partial charge in [0, 0.05) is 16.1 Å². The smallest absolute Gasteiger partial charge is 0.231 e. The van der Waals surface area contributed by atoms with Crippen LogP contribution in [0.15, 0.2) is 36.4 Å². The molecule has 2 aromatic rings. The van der Waals surface area contributed by atoms with Crippen molar-refractivity contribution in [2.75, 3.05) is 5.32 Å².